The van der Waals surface area contributed by atoms with Crippen LogP contribution in [-0.2, 0) is 7.05 Å². The maximum Gasteiger partial charge on any atom is 0.295 e. The summed E-state index contributed by atoms with van der Waals surface area (Å²) in [5, 5.41) is 6.42. The van der Waals surface area contributed by atoms with Crippen molar-refractivity contribution in [1.82, 2.24) is 14.5 Å². The van der Waals surface area contributed by atoms with Gasteiger partial charge in [0.05, 0.1) is 11.4 Å². The number of aromatic nitrogens is 3. The largest absolute Gasteiger partial charge is 0.350 e. The van der Waals surface area contributed by atoms with Gasteiger partial charge in [-0.2, -0.15) is 0 Å². The van der Waals surface area contributed by atoms with Crippen LogP contribution in [0, 0.1) is 12.7 Å². The Morgan fingerprint density at radius 1 is 1.10 bits per heavy atom. The summed E-state index contributed by atoms with van der Waals surface area (Å²) in [6.45, 7) is 1.73. The van der Waals surface area contributed by atoms with Crippen LogP contribution in [0.15, 0.2) is 70.0 Å². The van der Waals surface area contributed by atoms with Gasteiger partial charge in [0.25, 0.3) is 11.5 Å². The summed E-state index contributed by atoms with van der Waals surface area (Å²) in [6, 6.07) is 16.3. The fraction of sp³-hybridized carbons (Fsp3) is 0.0952. The number of anilines is 1. The summed E-state index contributed by atoms with van der Waals surface area (Å²) >= 11 is 0. The molecule has 0 saturated heterocycles. The Bertz CT molecular complexity index is 1250. The topological polar surface area (TPSA) is 82.1 Å². The van der Waals surface area contributed by atoms with Gasteiger partial charge in [-0.25, -0.2) is 9.07 Å². The number of nitrogens with one attached hydrogen (secondary N) is 1. The predicted octanol–water partition coefficient (Wildman–Crippen LogP) is 3.53. The van der Waals surface area contributed by atoms with Crippen LogP contribution in [0.3, 0.4) is 0 Å². The Kier molecular flexibility index (Phi) is 4.59. The van der Waals surface area contributed by atoms with Crippen molar-refractivity contribution in [3.05, 3.63) is 88.3 Å². The fourth-order valence-corrected chi connectivity index (χ4v) is 3.05. The van der Waals surface area contributed by atoms with Crippen LogP contribution >= 0.6 is 0 Å². The Hall–Kier alpha value is -3.94. The highest BCUT2D eigenvalue weighted by Crippen LogP contribution is 2.21. The Morgan fingerprint density at radius 3 is 2.59 bits per heavy atom. The molecule has 0 saturated carbocycles. The molecule has 0 atom stereocenters. The van der Waals surface area contributed by atoms with Crippen LogP contribution in [0.25, 0.3) is 16.9 Å². The van der Waals surface area contributed by atoms with Crippen LogP contribution in [-0.4, -0.2) is 20.4 Å². The zero-order valence-electron chi connectivity index (χ0n) is 15.7. The molecule has 2 aromatic carbocycles. The molecule has 2 aromatic heterocycles. The summed E-state index contributed by atoms with van der Waals surface area (Å²) < 4.78 is 21.6. The molecule has 1 amide bonds. The molecule has 8 heteroatoms. The molecule has 0 spiro atoms. The zero-order chi connectivity index (χ0) is 20.5. The third-order valence-electron chi connectivity index (χ3n) is 4.65. The SMILES string of the molecule is Cc1c(NC(=O)c2cc(-c3cccc(F)c3)no2)c(=O)n(-c2ccccc2)n1C. The van der Waals surface area contributed by atoms with Crippen molar-refractivity contribution in [2.24, 2.45) is 7.05 Å². The number of benzene rings is 2. The Balaban J connectivity index is 1.64. The van der Waals surface area contributed by atoms with Crippen molar-refractivity contribution in [1.29, 1.82) is 0 Å². The highest BCUT2D eigenvalue weighted by Gasteiger charge is 2.21. The van der Waals surface area contributed by atoms with Gasteiger partial charge in [0.1, 0.15) is 17.2 Å². The second-order valence-electron chi connectivity index (χ2n) is 6.48. The van der Waals surface area contributed by atoms with Gasteiger partial charge < -0.3 is 9.84 Å². The summed E-state index contributed by atoms with van der Waals surface area (Å²) in [5.74, 6) is -1.12. The van der Waals surface area contributed by atoms with Gasteiger partial charge >= 0.3 is 0 Å². The molecule has 1 N–H and O–H groups in total. The van der Waals surface area contributed by atoms with E-state index in [4.69, 9.17) is 4.52 Å². The van der Waals surface area contributed by atoms with E-state index in [9.17, 15) is 14.0 Å². The van der Waals surface area contributed by atoms with Gasteiger partial charge in [-0.05, 0) is 31.2 Å². The molecule has 0 radical (unpaired) electrons. The average Bonchev–Trinajstić information content (AvgIpc) is 3.29. The van der Waals surface area contributed by atoms with Crippen LogP contribution < -0.4 is 10.9 Å². The third kappa shape index (κ3) is 3.36. The number of carbonyl (C=O) groups excluding carboxylic acids is 1. The van der Waals surface area contributed by atoms with Gasteiger partial charge in [0, 0.05) is 18.7 Å². The highest BCUT2D eigenvalue weighted by molar-refractivity contribution is 6.03. The molecule has 0 unspecified atom stereocenters. The lowest BCUT2D eigenvalue weighted by Gasteiger charge is -2.07. The molecule has 0 aliphatic heterocycles. The van der Waals surface area contributed by atoms with Crippen molar-refractivity contribution in [2.75, 3.05) is 5.32 Å². The summed E-state index contributed by atoms with van der Waals surface area (Å²) in [4.78, 5) is 25.5. The number of hydrogen-bond acceptors (Lipinski definition) is 4. The molecular formula is C21H17FN4O3. The molecule has 4 rings (SSSR count). The first-order valence-corrected chi connectivity index (χ1v) is 8.83. The molecule has 7 nitrogen and oxygen atoms in total. The van der Waals surface area contributed by atoms with Gasteiger partial charge in [-0.15, -0.1) is 0 Å². The van der Waals surface area contributed by atoms with Gasteiger partial charge in [-0.1, -0.05) is 35.5 Å². The molecule has 0 fully saturated rings. The van der Waals surface area contributed by atoms with E-state index >= 15 is 0 Å². The van der Waals surface area contributed by atoms with Gasteiger partial charge in [-0.3, -0.25) is 14.3 Å². The number of carbonyl (C=O) groups is 1. The van der Waals surface area contributed by atoms with E-state index < -0.39 is 11.7 Å². The Labute approximate surface area is 165 Å². The van der Waals surface area contributed by atoms with Crippen molar-refractivity contribution in [2.45, 2.75) is 6.92 Å². The predicted molar refractivity (Wildman–Crippen MR) is 106 cm³/mol. The van der Waals surface area contributed by atoms with Crippen molar-refractivity contribution in [3.63, 3.8) is 0 Å². The lowest BCUT2D eigenvalue weighted by Crippen LogP contribution is -2.22. The lowest BCUT2D eigenvalue weighted by atomic mass is 10.1. The number of halogens is 1. The van der Waals surface area contributed by atoms with E-state index in [0.29, 0.717) is 22.6 Å². The summed E-state index contributed by atoms with van der Waals surface area (Å²) in [7, 11) is 1.73. The minimum atomic E-state index is -0.619. The van der Waals surface area contributed by atoms with E-state index in [2.05, 4.69) is 10.5 Å². The number of hydrogen-bond donors (Lipinski definition) is 1. The van der Waals surface area contributed by atoms with E-state index in [1.54, 1.807) is 42.9 Å². The zero-order valence-corrected chi connectivity index (χ0v) is 15.7. The number of amides is 1. The second-order valence-corrected chi connectivity index (χ2v) is 6.48. The number of para-hydroxylation sites is 1. The molecule has 0 bridgehead atoms. The van der Waals surface area contributed by atoms with E-state index in [-0.39, 0.29) is 17.0 Å². The van der Waals surface area contributed by atoms with Crippen molar-refractivity contribution < 1.29 is 13.7 Å². The molecule has 29 heavy (non-hydrogen) atoms. The number of nitrogens with zero attached hydrogens (tertiary/aromatic N) is 3. The maximum absolute atomic E-state index is 13.4. The van der Waals surface area contributed by atoms with Crippen LogP contribution in [0.5, 0.6) is 0 Å². The van der Waals surface area contributed by atoms with E-state index in [1.807, 2.05) is 18.2 Å². The molecule has 4 aromatic rings. The highest BCUT2D eigenvalue weighted by atomic mass is 19.1. The maximum atomic E-state index is 13.4. The molecular weight excluding hydrogens is 375 g/mol. The van der Waals surface area contributed by atoms with Crippen LogP contribution in [0.4, 0.5) is 10.1 Å². The minimum Gasteiger partial charge on any atom is -0.350 e. The first-order valence-electron chi connectivity index (χ1n) is 8.83. The van der Waals surface area contributed by atoms with Gasteiger partial charge in [0.15, 0.2) is 0 Å². The first kappa shape index (κ1) is 18.4. The van der Waals surface area contributed by atoms with E-state index in [1.165, 1.54) is 22.9 Å². The van der Waals surface area contributed by atoms with Crippen LogP contribution in [0.2, 0.25) is 0 Å². The Morgan fingerprint density at radius 2 is 1.86 bits per heavy atom. The number of rotatable bonds is 4. The average molecular weight is 392 g/mol. The quantitative estimate of drug-likeness (QED) is 0.576. The third-order valence-corrected chi connectivity index (χ3v) is 4.65. The lowest BCUT2D eigenvalue weighted by molar-refractivity contribution is 0.0988. The first-order chi connectivity index (χ1) is 14.0. The van der Waals surface area contributed by atoms with Gasteiger partial charge in [0.2, 0.25) is 5.76 Å². The molecule has 2 heterocycles. The molecule has 0 aliphatic rings. The smallest absolute Gasteiger partial charge is 0.295 e. The van der Waals surface area contributed by atoms with E-state index in [0.717, 1.165) is 0 Å². The second kappa shape index (κ2) is 7.23. The molecule has 0 aliphatic carbocycles. The standard InChI is InChI=1S/C21H17FN4O3/c1-13-19(21(28)26(25(13)2)16-9-4-3-5-10-16)23-20(27)18-12-17(24-29-18)14-7-6-8-15(22)11-14/h3-12H,1-2H3,(H,23,27). The fourth-order valence-electron chi connectivity index (χ4n) is 3.05. The summed E-state index contributed by atoms with van der Waals surface area (Å²) in [5.41, 5.74) is 1.84. The normalized spacial score (nSPS) is 10.9. The van der Waals surface area contributed by atoms with Crippen molar-refractivity contribution >= 4 is 11.6 Å². The molecule has 146 valence electrons. The van der Waals surface area contributed by atoms with Crippen molar-refractivity contribution in [3.8, 4) is 16.9 Å². The summed E-state index contributed by atoms with van der Waals surface area (Å²) in [6.07, 6.45) is 0. The minimum absolute atomic E-state index is 0.0850. The monoisotopic (exact) mass is 392 g/mol. The van der Waals surface area contributed by atoms with Crippen LogP contribution in [0.1, 0.15) is 16.2 Å².